The third-order valence-electron chi connectivity index (χ3n) is 1.96. The van der Waals surface area contributed by atoms with Gasteiger partial charge in [0.25, 0.3) is 0 Å². The summed E-state index contributed by atoms with van der Waals surface area (Å²) < 4.78 is 5.27. The van der Waals surface area contributed by atoms with Gasteiger partial charge in [0, 0.05) is 11.4 Å². The third kappa shape index (κ3) is 3.08. The molecule has 0 fully saturated rings. The first kappa shape index (κ1) is 11.1. The number of methoxy groups -OCH3 is 1. The number of ether oxygens (including phenoxy) is 1. The number of hydrogen-bond acceptors (Lipinski definition) is 1. The van der Waals surface area contributed by atoms with Crippen LogP contribution in [0.3, 0.4) is 0 Å². The van der Waals surface area contributed by atoms with Crippen LogP contribution in [0.5, 0.6) is 5.75 Å². The molecule has 0 unspecified atom stereocenters. The number of halogens is 1. The van der Waals surface area contributed by atoms with Gasteiger partial charge in [-0.3, -0.25) is 0 Å². The highest BCUT2D eigenvalue weighted by Crippen LogP contribution is 2.21. The summed E-state index contributed by atoms with van der Waals surface area (Å²) in [4.78, 5) is 0. The summed E-state index contributed by atoms with van der Waals surface area (Å²) in [6.07, 6.45) is 4.99. The lowest BCUT2D eigenvalue weighted by Crippen LogP contribution is -1.87. The van der Waals surface area contributed by atoms with E-state index in [9.17, 15) is 0 Å². The van der Waals surface area contributed by atoms with E-state index in [1.165, 1.54) is 5.56 Å². The van der Waals surface area contributed by atoms with Crippen molar-refractivity contribution >= 4 is 17.7 Å². The van der Waals surface area contributed by atoms with E-state index in [1.807, 2.05) is 12.1 Å². The average molecular weight is 211 g/mol. The van der Waals surface area contributed by atoms with Gasteiger partial charge in [-0.25, -0.2) is 0 Å². The molecule has 0 spiro atoms. The molecule has 0 saturated heterocycles. The summed E-state index contributed by atoms with van der Waals surface area (Å²) in [5.74, 6) is 1.57. The molecule has 1 nitrogen and oxygen atoms in total. The van der Waals surface area contributed by atoms with Crippen LogP contribution < -0.4 is 4.74 Å². The molecule has 0 aromatic heterocycles. The van der Waals surface area contributed by atoms with E-state index in [4.69, 9.17) is 16.3 Å². The van der Waals surface area contributed by atoms with Gasteiger partial charge in [-0.2, -0.15) is 0 Å². The molecule has 0 aliphatic heterocycles. The second-order valence-corrected chi connectivity index (χ2v) is 3.50. The molecule has 0 heterocycles. The maximum Gasteiger partial charge on any atom is 0.126 e. The zero-order valence-corrected chi connectivity index (χ0v) is 9.34. The van der Waals surface area contributed by atoms with Crippen LogP contribution in [0.4, 0.5) is 0 Å². The monoisotopic (exact) mass is 210 g/mol. The first-order valence-electron chi connectivity index (χ1n) is 4.65. The standard InChI is InChI=1S/C12H15ClO/c1-10-6-7-11(5-3-4-8-13)12(9-10)14-2/h3,5-7,9H,4,8H2,1-2H3. The molecule has 0 saturated carbocycles. The summed E-state index contributed by atoms with van der Waals surface area (Å²) in [5, 5.41) is 0. The van der Waals surface area contributed by atoms with E-state index >= 15 is 0 Å². The largest absolute Gasteiger partial charge is 0.496 e. The lowest BCUT2D eigenvalue weighted by atomic mass is 10.1. The van der Waals surface area contributed by atoms with Crippen molar-refractivity contribution in [2.45, 2.75) is 13.3 Å². The summed E-state index contributed by atoms with van der Waals surface area (Å²) in [6.45, 7) is 2.05. The fourth-order valence-electron chi connectivity index (χ4n) is 1.23. The van der Waals surface area contributed by atoms with E-state index in [0.29, 0.717) is 5.88 Å². The highest BCUT2D eigenvalue weighted by Gasteiger charge is 1.98. The number of rotatable bonds is 4. The molecule has 1 rings (SSSR count). The Morgan fingerprint density at radius 2 is 2.21 bits per heavy atom. The zero-order valence-electron chi connectivity index (χ0n) is 8.59. The Morgan fingerprint density at radius 1 is 1.43 bits per heavy atom. The van der Waals surface area contributed by atoms with Crippen LogP contribution in [0.1, 0.15) is 17.5 Å². The van der Waals surface area contributed by atoms with Crippen molar-refractivity contribution < 1.29 is 4.74 Å². The summed E-state index contributed by atoms with van der Waals surface area (Å²) in [5.41, 5.74) is 2.31. The summed E-state index contributed by atoms with van der Waals surface area (Å²) in [7, 11) is 1.69. The summed E-state index contributed by atoms with van der Waals surface area (Å²) >= 11 is 5.58. The van der Waals surface area contributed by atoms with Crippen LogP contribution in [0.25, 0.3) is 6.08 Å². The molecule has 0 radical (unpaired) electrons. The van der Waals surface area contributed by atoms with Gasteiger partial charge in [0.15, 0.2) is 0 Å². The van der Waals surface area contributed by atoms with Crippen molar-refractivity contribution in [2.24, 2.45) is 0 Å². The fraction of sp³-hybridized carbons (Fsp3) is 0.333. The van der Waals surface area contributed by atoms with Crippen LogP contribution in [-0.2, 0) is 0 Å². The predicted molar refractivity (Wildman–Crippen MR) is 62.1 cm³/mol. The summed E-state index contributed by atoms with van der Waals surface area (Å²) in [6, 6.07) is 6.15. The normalized spacial score (nSPS) is 10.8. The van der Waals surface area contributed by atoms with Crippen molar-refractivity contribution in [2.75, 3.05) is 13.0 Å². The molecule has 0 bridgehead atoms. The van der Waals surface area contributed by atoms with Gasteiger partial charge in [-0.05, 0) is 25.0 Å². The molecule has 14 heavy (non-hydrogen) atoms. The van der Waals surface area contributed by atoms with Gasteiger partial charge < -0.3 is 4.74 Å². The van der Waals surface area contributed by atoms with Crippen molar-refractivity contribution in [3.8, 4) is 5.75 Å². The van der Waals surface area contributed by atoms with Gasteiger partial charge in [-0.15, -0.1) is 11.6 Å². The van der Waals surface area contributed by atoms with Crippen LogP contribution in [-0.4, -0.2) is 13.0 Å². The van der Waals surface area contributed by atoms with Gasteiger partial charge in [0.05, 0.1) is 7.11 Å². The molecule has 1 aromatic carbocycles. The smallest absolute Gasteiger partial charge is 0.126 e. The van der Waals surface area contributed by atoms with Gasteiger partial charge >= 0.3 is 0 Å². The minimum absolute atomic E-state index is 0.657. The van der Waals surface area contributed by atoms with Gasteiger partial charge in [-0.1, -0.05) is 24.3 Å². The predicted octanol–water partition coefficient (Wildman–Crippen LogP) is 3.65. The second kappa shape index (κ2) is 5.71. The van der Waals surface area contributed by atoms with E-state index in [0.717, 1.165) is 17.7 Å². The quantitative estimate of drug-likeness (QED) is 0.690. The Bertz CT molecular complexity index is 318. The van der Waals surface area contributed by atoms with Gasteiger partial charge in [0.1, 0.15) is 5.75 Å². The van der Waals surface area contributed by atoms with E-state index in [1.54, 1.807) is 7.11 Å². The zero-order chi connectivity index (χ0) is 10.4. The molecule has 2 heteroatoms. The first-order chi connectivity index (χ1) is 6.77. The molecule has 76 valence electrons. The Kier molecular flexibility index (Phi) is 4.54. The number of alkyl halides is 1. The maximum atomic E-state index is 5.58. The SMILES string of the molecule is COc1cc(C)ccc1C=CCCCl. The minimum Gasteiger partial charge on any atom is -0.496 e. The fourth-order valence-corrected chi connectivity index (χ4v) is 1.36. The number of hydrogen-bond donors (Lipinski definition) is 0. The molecular weight excluding hydrogens is 196 g/mol. The molecule has 1 aromatic rings. The molecule has 0 aliphatic carbocycles. The maximum absolute atomic E-state index is 5.58. The Balaban J connectivity index is 2.85. The van der Waals surface area contributed by atoms with Crippen molar-refractivity contribution in [1.29, 1.82) is 0 Å². The lowest BCUT2D eigenvalue weighted by molar-refractivity contribution is 0.413. The molecule has 0 aliphatic rings. The number of aryl methyl sites for hydroxylation is 1. The highest BCUT2D eigenvalue weighted by atomic mass is 35.5. The third-order valence-corrected chi connectivity index (χ3v) is 2.18. The molecule has 0 amide bonds. The minimum atomic E-state index is 0.657. The highest BCUT2D eigenvalue weighted by molar-refractivity contribution is 6.17. The Hall–Kier alpha value is -0.950. The van der Waals surface area contributed by atoms with Crippen LogP contribution >= 0.6 is 11.6 Å². The Morgan fingerprint density at radius 3 is 2.86 bits per heavy atom. The van der Waals surface area contributed by atoms with Crippen LogP contribution in [0.15, 0.2) is 24.3 Å². The molecule has 0 atom stereocenters. The number of benzene rings is 1. The molecule has 0 N–H and O–H groups in total. The first-order valence-corrected chi connectivity index (χ1v) is 5.18. The lowest BCUT2D eigenvalue weighted by Gasteiger charge is -2.05. The molecular formula is C12H15ClO. The number of allylic oxidation sites excluding steroid dienone is 1. The second-order valence-electron chi connectivity index (χ2n) is 3.13. The van der Waals surface area contributed by atoms with Crippen LogP contribution in [0.2, 0.25) is 0 Å². The van der Waals surface area contributed by atoms with E-state index in [-0.39, 0.29) is 0 Å². The van der Waals surface area contributed by atoms with Crippen LogP contribution in [0, 0.1) is 6.92 Å². The van der Waals surface area contributed by atoms with Crippen molar-refractivity contribution in [3.63, 3.8) is 0 Å². The van der Waals surface area contributed by atoms with E-state index in [2.05, 4.69) is 25.1 Å². The average Bonchev–Trinajstić information content (AvgIpc) is 2.20. The van der Waals surface area contributed by atoms with Crippen molar-refractivity contribution in [3.05, 3.63) is 35.4 Å². The topological polar surface area (TPSA) is 9.23 Å². The van der Waals surface area contributed by atoms with E-state index < -0.39 is 0 Å². The van der Waals surface area contributed by atoms with Crippen molar-refractivity contribution in [1.82, 2.24) is 0 Å². The Labute approximate surface area is 90.3 Å². The van der Waals surface area contributed by atoms with Gasteiger partial charge in [0.2, 0.25) is 0 Å².